The van der Waals surface area contributed by atoms with Crippen LogP contribution in [-0.4, -0.2) is 10.3 Å². The van der Waals surface area contributed by atoms with E-state index in [4.69, 9.17) is 4.52 Å². The lowest BCUT2D eigenvalue weighted by Gasteiger charge is -1.99. The second-order valence-corrected chi connectivity index (χ2v) is 3.16. The van der Waals surface area contributed by atoms with Crippen LogP contribution in [0.25, 0.3) is 11.1 Å². The van der Waals surface area contributed by atoms with Gasteiger partial charge in [0.15, 0.2) is 0 Å². The molecule has 0 fully saturated rings. The third-order valence-electron chi connectivity index (χ3n) is 2.09. The maximum atomic E-state index is 9.32. The van der Waals surface area contributed by atoms with Crippen LogP contribution in [0, 0.1) is 19.9 Å². The molecule has 2 rings (SSSR count). The lowest BCUT2D eigenvalue weighted by atomic mass is 10.0. The Morgan fingerprint density at radius 1 is 1.43 bits per heavy atom. The summed E-state index contributed by atoms with van der Waals surface area (Å²) >= 11 is 0. The van der Waals surface area contributed by atoms with Crippen molar-refractivity contribution in [1.82, 2.24) is 5.16 Å². The van der Waals surface area contributed by atoms with Gasteiger partial charge in [0.05, 0.1) is 5.69 Å². The van der Waals surface area contributed by atoms with E-state index < -0.39 is 0 Å². The van der Waals surface area contributed by atoms with Gasteiger partial charge in [-0.3, -0.25) is 0 Å². The predicted octanol–water partition coefficient (Wildman–Crippen LogP) is 2.46. The van der Waals surface area contributed by atoms with Crippen LogP contribution in [0.15, 0.2) is 22.7 Å². The molecule has 3 heteroatoms. The number of aryl methyl sites for hydroxylation is 2. The van der Waals surface area contributed by atoms with Gasteiger partial charge in [0.2, 0.25) is 0 Å². The zero-order chi connectivity index (χ0) is 10.1. The molecule has 0 aliphatic rings. The van der Waals surface area contributed by atoms with E-state index in [0.717, 1.165) is 22.6 Å². The normalized spacial score (nSPS) is 10.4. The summed E-state index contributed by atoms with van der Waals surface area (Å²) < 4.78 is 5.04. The number of phenolic OH excluding ortho intramolecular Hbond substituents is 1. The topological polar surface area (TPSA) is 46.3 Å². The molecule has 0 saturated heterocycles. The molecule has 0 aliphatic carbocycles. The number of benzene rings is 1. The van der Waals surface area contributed by atoms with Crippen molar-refractivity contribution in [2.75, 3.05) is 0 Å². The lowest BCUT2D eigenvalue weighted by Crippen LogP contribution is -1.81. The van der Waals surface area contributed by atoms with Crippen molar-refractivity contribution >= 4 is 0 Å². The highest BCUT2D eigenvalue weighted by atomic mass is 16.5. The Labute approximate surface area is 82.0 Å². The first-order valence-electron chi connectivity index (χ1n) is 4.32. The SMILES string of the molecule is Cc1noc(C)c1-c1[c]ccc(O)c1. The van der Waals surface area contributed by atoms with E-state index in [1.807, 2.05) is 13.8 Å². The second-order valence-electron chi connectivity index (χ2n) is 3.16. The molecule has 14 heavy (non-hydrogen) atoms. The smallest absolute Gasteiger partial charge is 0.141 e. The zero-order valence-corrected chi connectivity index (χ0v) is 8.03. The van der Waals surface area contributed by atoms with Crippen LogP contribution in [0.5, 0.6) is 5.75 Å². The molecule has 1 heterocycles. The van der Waals surface area contributed by atoms with Crippen molar-refractivity contribution in [2.24, 2.45) is 0 Å². The van der Waals surface area contributed by atoms with E-state index in [1.54, 1.807) is 18.2 Å². The Morgan fingerprint density at radius 3 is 2.79 bits per heavy atom. The molecular weight excluding hydrogens is 178 g/mol. The number of rotatable bonds is 1. The standard InChI is InChI=1S/C11H10NO2/c1-7-11(8(2)14-12-7)9-4-3-5-10(13)6-9/h3,5-6,13H,1-2H3. The van der Waals surface area contributed by atoms with Crippen LogP contribution in [0.2, 0.25) is 0 Å². The van der Waals surface area contributed by atoms with E-state index in [1.165, 1.54) is 0 Å². The van der Waals surface area contributed by atoms with Gasteiger partial charge in [-0.2, -0.15) is 0 Å². The maximum Gasteiger partial charge on any atom is 0.141 e. The summed E-state index contributed by atoms with van der Waals surface area (Å²) in [5, 5.41) is 13.2. The summed E-state index contributed by atoms with van der Waals surface area (Å²) in [6.07, 6.45) is 0. The lowest BCUT2D eigenvalue weighted by molar-refractivity contribution is 0.393. The van der Waals surface area contributed by atoms with Gasteiger partial charge in [0.25, 0.3) is 0 Å². The minimum absolute atomic E-state index is 0.221. The Balaban J connectivity index is 2.59. The molecule has 1 N–H and O–H groups in total. The molecule has 0 saturated carbocycles. The third kappa shape index (κ3) is 1.37. The second kappa shape index (κ2) is 3.18. The fourth-order valence-corrected chi connectivity index (χ4v) is 1.47. The van der Waals surface area contributed by atoms with E-state index in [0.29, 0.717) is 0 Å². The predicted molar refractivity (Wildman–Crippen MR) is 51.9 cm³/mol. The van der Waals surface area contributed by atoms with Gasteiger partial charge in [-0.05, 0) is 37.6 Å². The van der Waals surface area contributed by atoms with Gasteiger partial charge in [-0.15, -0.1) is 0 Å². The summed E-state index contributed by atoms with van der Waals surface area (Å²) in [7, 11) is 0. The van der Waals surface area contributed by atoms with Gasteiger partial charge < -0.3 is 9.63 Å². The first-order valence-corrected chi connectivity index (χ1v) is 4.32. The van der Waals surface area contributed by atoms with Crippen molar-refractivity contribution in [1.29, 1.82) is 0 Å². The molecule has 3 nitrogen and oxygen atoms in total. The minimum atomic E-state index is 0.221. The van der Waals surface area contributed by atoms with Crippen LogP contribution in [0.4, 0.5) is 0 Å². The van der Waals surface area contributed by atoms with Crippen molar-refractivity contribution < 1.29 is 9.63 Å². The van der Waals surface area contributed by atoms with Gasteiger partial charge in [0, 0.05) is 5.56 Å². The van der Waals surface area contributed by atoms with E-state index in [2.05, 4.69) is 11.2 Å². The van der Waals surface area contributed by atoms with Crippen molar-refractivity contribution in [3.63, 3.8) is 0 Å². The van der Waals surface area contributed by atoms with Crippen molar-refractivity contribution in [2.45, 2.75) is 13.8 Å². The highest BCUT2D eigenvalue weighted by Crippen LogP contribution is 2.28. The quantitative estimate of drug-likeness (QED) is 0.747. The zero-order valence-electron chi connectivity index (χ0n) is 8.03. The fourth-order valence-electron chi connectivity index (χ4n) is 1.47. The van der Waals surface area contributed by atoms with Gasteiger partial charge in [0.1, 0.15) is 11.5 Å². The number of hydrogen-bond acceptors (Lipinski definition) is 3. The summed E-state index contributed by atoms with van der Waals surface area (Å²) in [4.78, 5) is 0. The molecule has 0 bridgehead atoms. The summed E-state index contributed by atoms with van der Waals surface area (Å²) in [5.41, 5.74) is 2.52. The molecular formula is C11H10NO2. The minimum Gasteiger partial charge on any atom is -0.508 e. The molecule has 0 atom stereocenters. The van der Waals surface area contributed by atoms with E-state index >= 15 is 0 Å². The molecule has 0 aliphatic heterocycles. The Morgan fingerprint density at radius 2 is 2.21 bits per heavy atom. The van der Waals surface area contributed by atoms with E-state index in [9.17, 15) is 5.11 Å². The molecule has 0 amide bonds. The highest BCUT2D eigenvalue weighted by molar-refractivity contribution is 5.68. The number of nitrogens with zero attached hydrogens (tertiary/aromatic N) is 1. The van der Waals surface area contributed by atoms with Crippen LogP contribution in [0.1, 0.15) is 11.5 Å². The summed E-state index contributed by atoms with van der Waals surface area (Å²) in [5.74, 6) is 0.961. The fraction of sp³-hybridized carbons (Fsp3) is 0.182. The number of phenols is 1. The maximum absolute atomic E-state index is 9.32. The Hall–Kier alpha value is -1.77. The first kappa shape index (κ1) is 8.81. The summed E-state index contributed by atoms with van der Waals surface area (Å²) in [6.45, 7) is 3.71. The summed E-state index contributed by atoms with van der Waals surface area (Å²) in [6, 6.07) is 7.94. The first-order chi connectivity index (χ1) is 6.68. The average Bonchev–Trinajstić information content (AvgIpc) is 2.46. The molecule has 2 aromatic rings. The Kier molecular flexibility index (Phi) is 2.00. The molecule has 1 aromatic heterocycles. The third-order valence-corrected chi connectivity index (χ3v) is 2.09. The average molecular weight is 188 g/mol. The highest BCUT2D eigenvalue weighted by Gasteiger charge is 2.11. The largest absolute Gasteiger partial charge is 0.508 e. The number of aromatic nitrogens is 1. The molecule has 71 valence electrons. The van der Waals surface area contributed by atoms with Gasteiger partial charge in [-0.25, -0.2) is 0 Å². The van der Waals surface area contributed by atoms with Crippen LogP contribution >= 0.6 is 0 Å². The van der Waals surface area contributed by atoms with Gasteiger partial charge in [-0.1, -0.05) is 11.2 Å². The monoisotopic (exact) mass is 188 g/mol. The van der Waals surface area contributed by atoms with Crippen LogP contribution in [-0.2, 0) is 0 Å². The van der Waals surface area contributed by atoms with Gasteiger partial charge >= 0.3 is 0 Å². The van der Waals surface area contributed by atoms with Crippen molar-refractivity contribution in [3.05, 3.63) is 35.7 Å². The number of hydrogen-bond donors (Lipinski definition) is 1. The molecule has 0 spiro atoms. The van der Waals surface area contributed by atoms with Crippen LogP contribution < -0.4 is 0 Å². The number of aromatic hydroxyl groups is 1. The molecule has 0 unspecified atom stereocenters. The molecule has 1 radical (unpaired) electrons. The van der Waals surface area contributed by atoms with Crippen molar-refractivity contribution in [3.8, 4) is 16.9 Å². The Bertz CT molecular complexity index is 441. The van der Waals surface area contributed by atoms with Crippen LogP contribution in [0.3, 0.4) is 0 Å². The van der Waals surface area contributed by atoms with E-state index in [-0.39, 0.29) is 5.75 Å². The molecule has 1 aromatic carbocycles.